The van der Waals surface area contributed by atoms with Gasteiger partial charge in [0.25, 0.3) is 0 Å². The van der Waals surface area contributed by atoms with E-state index in [1.54, 1.807) is 6.07 Å². The fraction of sp³-hybridized carbons (Fsp3) is 0.333. The number of aromatic hydroxyl groups is 2. The van der Waals surface area contributed by atoms with Gasteiger partial charge in [0, 0.05) is 34.8 Å². The molecule has 0 saturated heterocycles. The van der Waals surface area contributed by atoms with Crippen molar-refractivity contribution in [3.05, 3.63) is 70.2 Å². The van der Waals surface area contributed by atoms with Crippen LogP contribution in [0, 0.1) is 11.6 Å². The van der Waals surface area contributed by atoms with Gasteiger partial charge in [0.1, 0.15) is 11.9 Å². The van der Waals surface area contributed by atoms with E-state index >= 15 is 4.39 Å². The maximum Gasteiger partial charge on any atom is 0.198 e. The molecular weight excluding hydrogens is 438 g/mol. The van der Waals surface area contributed by atoms with Crippen molar-refractivity contribution in [2.45, 2.75) is 50.3 Å². The van der Waals surface area contributed by atoms with Gasteiger partial charge < -0.3 is 20.3 Å². The minimum atomic E-state index is -0.662. The first-order valence-electron chi connectivity index (χ1n) is 10.7. The summed E-state index contributed by atoms with van der Waals surface area (Å²) < 4.78 is 36.8. The van der Waals surface area contributed by atoms with Crippen LogP contribution in [0.4, 0.5) is 8.78 Å². The molecule has 8 heteroatoms. The molecule has 32 heavy (non-hydrogen) atoms. The van der Waals surface area contributed by atoms with E-state index in [1.165, 1.54) is 36.4 Å². The van der Waals surface area contributed by atoms with Crippen molar-refractivity contribution in [3.63, 3.8) is 0 Å². The molecule has 0 bridgehead atoms. The molecule has 1 heterocycles. The lowest BCUT2D eigenvalue weighted by atomic mass is 10.1. The quantitative estimate of drug-likeness (QED) is 0.477. The number of rotatable bonds is 5. The highest BCUT2D eigenvalue weighted by molar-refractivity contribution is 6.30. The van der Waals surface area contributed by atoms with Gasteiger partial charge in [0.05, 0.1) is 11.7 Å². The van der Waals surface area contributed by atoms with Crippen molar-refractivity contribution in [3.8, 4) is 23.2 Å². The summed E-state index contributed by atoms with van der Waals surface area (Å²) in [6.45, 7) is 0. The Kier molecular flexibility index (Phi) is 5.47. The second kappa shape index (κ2) is 8.30. The molecule has 5 nitrogen and oxygen atoms in total. The fourth-order valence-electron chi connectivity index (χ4n) is 4.86. The average Bonchev–Trinajstić information content (AvgIpc) is 3.45. The Morgan fingerprint density at radius 2 is 1.69 bits per heavy atom. The Morgan fingerprint density at radius 1 is 0.969 bits per heavy atom. The molecule has 0 unspecified atom stereocenters. The number of fused-ring (bicyclic) bond motifs is 1. The molecule has 1 saturated carbocycles. The summed E-state index contributed by atoms with van der Waals surface area (Å²) in [6, 6.07) is 9.85. The molecule has 2 aliphatic carbocycles. The highest BCUT2D eigenvalue weighted by atomic mass is 35.5. The molecule has 1 aromatic heterocycles. The minimum absolute atomic E-state index is 0.00339. The average molecular weight is 461 g/mol. The first-order valence-corrected chi connectivity index (χ1v) is 11.1. The molecule has 3 N–H and O–H groups in total. The van der Waals surface area contributed by atoms with Crippen LogP contribution in [0.3, 0.4) is 0 Å². The standard InChI is InChI=1S/C24H23ClF2N2O3/c25-13-9-17-16(18(26)10-13)12-20(28-14-3-1-2-4-14)24(17)32-21-6-5-15(11-19(21)27)29-22(30)7-8-23(29)31/h5-11,14,20,24,28,30-31H,1-4,12H2/t20-,24-/m0/s1. The first-order chi connectivity index (χ1) is 15.4. The summed E-state index contributed by atoms with van der Waals surface area (Å²) in [6.07, 6.45) is 4.24. The van der Waals surface area contributed by atoms with Crippen LogP contribution >= 0.6 is 11.6 Å². The minimum Gasteiger partial charge on any atom is -0.494 e. The summed E-state index contributed by atoms with van der Waals surface area (Å²) in [5.41, 5.74) is 1.40. The van der Waals surface area contributed by atoms with E-state index < -0.39 is 11.9 Å². The van der Waals surface area contributed by atoms with Gasteiger partial charge in [-0.3, -0.25) is 4.57 Å². The van der Waals surface area contributed by atoms with Crippen LogP contribution in [-0.2, 0) is 6.42 Å². The number of nitrogens with zero attached hydrogens (tertiary/aromatic N) is 1. The van der Waals surface area contributed by atoms with E-state index in [0.717, 1.165) is 30.3 Å². The Labute approximate surface area is 189 Å². The number of hydrogen-bond acceptors (Lipinski definition) is 4. The van der Waals surface area contributed by atoms with Crippen LogP contribution in [0.25, 0.3) is 5.69 Å². The molecule has 0 amide bonds. The van der Waals surface area contributed by atoms with Crippen LogP contribution in [0.5, 0.6) is 17.5 Å². The van der Waals surface area contributed by atoms with Crippen LogP contribution in [0.2, 0.25) is 5.02 Å². The lowest BCUT2D eigenvalue weighted by Crippen LogP contribution is -2.41. The Morgan fingerprint density at radius 3 is 2.38 bits per heavy atom. The number of aromatic nitrogens is 1. The topological polar surface area (TPSA) is 66.7 Å². The zero-order chi connectivity index (χ0) is 22.4. The number of hydrogen-bond donors (Lipinski definition) is 3. The summed E-state index contributed by atoms with van der Waals surface area (Å²) in [4.78, 5) is 0. The lowest BCUT2D eigenvalue weighted by molar-refractivity contribution is 0.153. The first kappa shape index (κ1) is 21.1. The zero-order valence-corrected chi connectivity index (χ0v) is 17.9. The SMILES string of the molecule is Oc1ccc(O)n1-c1ccc(O[C@H]2c3cc(Cl)cc(F)c3C[C@@H]2NC2CCCC2)c(F)c1. The molecular formula is C24H23ClF2N2O3. The third-order valence-corrected chi connectivity index (χ3v) is 6.58. The van der Waals surface area contributed by atoms with Gasteiger partial charge in [-0.05, 0) is 49.1 Å². The van der Waals surface area contributed by atoms with Gasteiger partial charge in [-0.25, -0.2) is 8.78 Å². The van der Waals surface area contributed by atoms with Gasteiger partial charge in [-0.15, -0.1) is 0 Å². The van der Waals surface area contributed by atoms with Crippen molar-refractivity contribution in [1.29, 1.82) is 0 Å². The van der Waals surface area contributed by atoms with Crippen LogP contribution < -0.4 is 10.1 Å². The Balaban J connectivity index is 1.46. The van der Waals surface area contributed by atoms with E-state index in [9.17, 15) is 14.6 Å². The summed E-state index contributed by atoms with van der Waals surface area (Å²) in [5.74, 6) is -1.48. The molecule has 2 aromatic carbocycles. The molecule has 2 aliphatic rings. The van der Waals surface area contributed by atoms with E-state index in [4.69, 9.17) is 16.3 Å². The molecule has 0 aliphatic heterocycles. The van der Waals surface area contributed by atoms with Gasteiger partial charge in [-0.2, -0.15) is 0 Å². The summed E-state index contributed by atoms with van der Waals surface area (Å²) in [5, 5.41) is 23.7. The maximum absolute atomic E-state index is 15.0. The zero-order valence-electron chi connectivity index (χ0n) is 17.2. The van der Waals surface area contributed by atoms with Gasteiger partial charge >= 0.3 is 0 Å². The van der Waals surface area contributed by atoms with Crippen molar-refractivity contribution in [2.75, 3.05) is 0 Å². The van der Waals surface area contributed by atoms with Crippen molar-refractivity contribution in [2.24, 2.45) is 0 Å². The fourth-order valence-corrected chi connectivity index (χ4v) is 5.08. The number of halogens is 3. The molecule has 3 aromatic rings. The largest absolute Gasteiger partial charge is 0.494 e. The van der Waals surface area contributed by atoms with E-state index in [2.05, 4.69) is 5.32 Å². The highest BCUT2D eigenvalue weighted by Crippen LogP contribution is 2.40. The monoisotopic (exact) mass is 460 g/mol. The molecule has 2 atom stereocenters. The molecule has 5 rings (SSSR count). The molecule has 168 valence electrons. The molecule has 1 fully saturated rings. The lowest BCUT2D eigenvalue weighted by Gasteiger charge is -2.26. The third-order valence-electron chi connectivity index (χ3n) is 6.36. The van der Waals surface area contributed by atoms with E-state index in [1.807, 2.05) is 0 Å². The van der Waals surface area contributed by atoms with Crippen LogP contribution in [-0.4, -0.2) is 26.9 Å². The number of ether oxygens (including phenoxy) is 1. The third kappa shape index (κ3) is 3.80. The maximum atomic E-state index is 15.0. The summed E-state index contributed by atoms with van der Waals surface area (Å²) >= 11 is 6.11. The van der Waals surface area contributed by atoms with Crippen molar-refractivity contribution in [1.82, 2.24) is 9.88 Å². The predicted molar refractivity (Wildman–Crippen MR) is 117 cm³/mol. The second-order valence-electron chi connectivity index (χ2n) is 8.45. The number of nitrogens with one attached hydrogen (secondary N) is 1. The van der Waals surface area contributed by atoms with Crippen molar-refractivity contribution >= 4 is 11.6 Å². The summed E-state index contributed by atoms with van der Waals surface area (Å²) in [7, 11) is 0. The van der Waals surface area contributed by atoms with Gasteiger partial charge in [0.15, 0.2) is 23.3 Å². The van der Waals surface area contributed by atoms with Gasteiger partial charge in [-0.1, -0.05) is 24.4 Å². The van der Waals surface area contributed by atoms with Crippen molar-refractivity contribution < 1.29 is 23.7 Å². The normalized spacial score (nSPS) is 20.6. The van der Waals surface area contributed by atoms with Crippen LogP contribution in [0.15, 0.2) is 42.5 Å². The van der Waals surface area contributed by atoms with Crippen LogP contribution in [0.1, 0.15) is 42.9 Å². The molecule has 0 radical (unpaired) electrons. The van der Waals surface area contributed by atoms with E-state index in [-0.39, 0.29) is 40.1 Å². The predicted octanol–water partition coefficient (Wildman–Crippen LogP) is 5.40. The number of benzene rings is 2. The van der Waals surface area contributed by atoms with Gasteiger partial charge in [0.2, 0.25) is 0 Å². The Bertz CT molecular complexity index is 1140. The Hall–Kier alpha value is -2.77. The smallest absolute Gasteiger partial charge is 0.198 e. The second-order valence-corrected chi connectivity index (χ2v) is 8.89. The molecule has 0 spiro atoms. The van der Waals surface area contributed by atoms with E-state index in [0.29, 0.717) is 23.6 Å². The highest BCUT2D eigenvalue weighted by Gasteiger charge is 2.38.